The minimum absolute atomic E-state index is 0.246. The zero-order valence-electron chi connectivity index (χ0n) is 29.1. The highest BCUT2D eigenvalue weighted by atomic mass is 28.4. The third-order valence-corrected chi connectivity index (χ3v) is 19.5. The van der Waals surface area contributed by atoms with Crippen molar-refractivity contribution in [3.05, 3.63) is 121 Å². The number of carbonyl (C=O) groups excluding carboxylic acids is 1. The number of hydrogen-bond acceptors (Lipinski definition) is 5. The molecule has 1 fully saturated rings. The van der Waals surface area contributed by atoms with Gasteiger partial charge < -0.3 is 18.3 Å². The number of ether oxygens (including phenoxy) is 2. The minimum Gasteiger partial charge on any atom is -0.436 e. The Morgan fingerprint density at radius 2 is 0.957 bits per heavy atom. The molecule has 0 bridgehead atoms. The highest BCUT2D eigenvalue weighted by Crippen LogP contribution is 2.43. The predicted octanol–water partition coefficient (Wildman–Crippen LogP) is 6.57. The van der Waals surface area contributed by atoms with Crippen molar-refractivity contribution < 1.29 is 23.1 Å². The summed E-state index contributed by atoms with van der Waals surface area (Å²) in [6.45, 7) is 17.2. The average molecular weight is 667 g/mol. The molecule has 0 N–H and O–H groups in total. The molecule has 5 rings (SSSR count). The molecule has 4 aromatic carbocycles. The van der Waals surface area contributed by atoms with Crippen LogP contribution in [0, 0.1) is 0 Å². The summed E-state index contributed by atoms with van der Waals surface area (Å²) in [5.41, 5.74) is 0. The Balaban J connectivity index is 1.73. The third-order valence-electron chi connectivity index (χ3n) is 9.39. The van der Waals surface area contributed by atoms with Crippen LogP contribution in [0.25, 0.3) is 0 Å². The Hall–Kier alpha value is -3.34. The van der Waals surface area contributed by atoms with E-state index in [1.807, 2.05) is 6.92 Å². The first-order chi connectivity index (χ1) is 22.3. The van der Waals surface area contributed by atoms with Gasteiger partial charge in [-0.05, 0) is 37.7 Å². The molecule has 248 valence electrons. The molecular formula is C40H50O5Si2. The predicted molar refractivity (Wildman–Crippen MR) is 196 cm³/mol. The lowest BCUT2D eigenvalue weighted by Crippen LogP contribution is -2.73. The summed E-state index contributed by atoms with van der Waals surface area (Å²) < 4.78 is 27.8. The van der Waals surface area contributed by atoms with E-state index in [2.05, 4.69) is 163 Å². The Kier molecular flexibility index (Phi) is 10.4. The van der Waals surface area contributed by atoms with Gasteiger partial charge in [-0.15, -0.1) is 0 Å². The first-order valence-corrected chi connectivity index (χ1v) is 20.5. The molecule has 1 aliphatic heterocycles. The topological polar surface area (TPSA) is 54.0 Å². The Labute approximate surface area is 283 Å². The lowest BCUT2D eigenvalue weighted by atomic mass is 10.0. The maximum Gasteiger partial charge on any atom is 0.304 e. The molecule has 0 radical (unpaired) electrons. The van der Waals surface area contributed by atoms with E-state index < -0.39 is 41.2 Å². The van der Waals surface area contributed by atoms with Crippen LogP contribution in [0.4, 0.5) is 0 Å². The molecule has 1 aliphatic rings. The molecule has 0 spiro atoms. The van der Waals surface area contributed by atoms with Gasteiger partial charge in [0.25, 0.3) is 16.6 Å². The van der Waals surface area contributed by atoms with Crippen molar-refractivity contribution in [3.63, 3.8) is 0 Å². The van der Waals surface area contributed by atoms with E-state index in [9.17, 15) is 4.79 Å². The van der Waals surface area contributed by atoms with Crippen molar-refractivity contribution in [2.24, 2.45) is 0 Å². The lowest BCUT2D eigenvalue weighted by molar-refractivity contribution is -0.234. The van der Waals surface area contributed by atoms with Crippen LogP contribution in [0.5, 0.6) is 0 Å². The number of esters is 1. The van der Waals surface area contributed by atoms with Gasteiger partial charge in [0.2, 0.25) is 6.29 Å². The van der Waals surface area contributed by atoms with Gasteiger partial charge in [-0.2, -0.15) is 0 Å². The van der Waals surface area contributed by atoms with E-state index in [4.69, 9.17) is 18.3 Å². The molecule has 47 heavy (non-hydrogen) atoms. The van der Waals surface area contributed by atoms with E-state index in [1.54, 1.807) is 0 Å². The highest BCUT2D eigenvalue weighted by Gasteiger charge is 2.57. The van der Waals surface area contributed by atoms with Crippen molar-refractivity contribution >= 4 is 43.4 Å². The molecule has 0 aromatic heterocycles. The van der Waals surface area contributed by atoms with Crippen molar-refractivity contribution in [1.82, 2.24) is 0 Å². The highest BCUT2D eigenvalue weighted by molar-refractivity contribution is 7.00. The smallest absolute Gasteiger partial charge is 0.304 e. The molecule has 1 saturated heterocycles. The van der Waals surface area contributed by atoms with Gasteiger partial charge in [0, 0.05) is 13.3 Å². The Morgan fingerprint density at radius 3 is 1.28 bits per heavy atom. The monoisotopic (exact) mass is 666 g/mol. The fraction of sp³-hybridized carbons (Fsp3) is 0.375. The van der Waals surface area contributed by atoms with Gasteiger partial charge in [-0.25, -0.2) is 0 Å². The third kappa shape index (κ3) is 6.96. The van der Waals surface area contributed by atoms with Crippen molar-refractivity contribution in [2.75, 3.05) is 0 Å². The van der Waals surface area contributed by atoms with Gasteiger partial charge in [0.15, 0.2) is 0 Å². The first-order valence-electron chi connectivity index (χ1n) is 16.7. The summed E-state index contributed by atoms with van der Waals surface area (Å²) in [4.78, 5) is 12.3. The van der Waals surface area contributed by atoms with Crippen LogP contribution >= 0.6 is 0 Å². The standard InChI is InChI=1S/C40H50O5Si2/c1-30-38(45-47(40(6,7)8,34-25-17-11-18-26-34)35-27-19-12-20-28-35)36(29-37(42-30)43-31(2)41)44-46(39(3,4)5,32-21-13-9-14-22-32)33-23-15-10-16-24-33/h9-28,30,36-38H,29H2,1-8H3/t30-,36-,37?,38-/m1/s1. The summed E-state index contributed by atoms with van der Waals surface area (Å²) >= 11 is 0. The van der Waals surface area contributed by atoms with Crippen LogP contribution in [-0.2, 0) is 23.1 Å². The summed E-state index contributed by atoms with van der Waals surface area (Å²) in [5.74, 6) is -0.377. The number of rotatable bonds is 9. The van der Waals surface area contributed by atoms with Crippen molar-refractivity contribution in [3.8, 4) is 0 Å². The molecule has 0 aliphatic carbocycles. The fourth-order valence-electron chi connectivity index (χ4n) is 7.36. The molecule has 7 heteroatoms. The second-order valence-electron chi connectivity index (χ2n) is 14.7. The van der Waals surface area contributed by atoms with Crippen molar-refractivity contribution in [2.45, 2.75) is 96.5 Å². The van der Waals surface area contributed by atoms with E-state index in [0.717, 1.165) is 0 Å². The van der Waals surface area contributed by atoms with Gasteiger partial charge >= 0.3 is 5.97 Å². The summed E-state index contributed by atoms with van der Waals surface area (Å²) in [6, 6.07) is 42.7. The lowest BCUT2D eigenvalue weighted by Gasteiger charge is -2.52. The van der Waals surface area contributed by atoms with E-state index in [1.165, 1.54) is 27.7 Å². The zero-order valence-corrected chi connectivity index (χ0v) is 31.1. The SMILES string of the molecule is CC(=O)OC1C[C@@H](O[Si](c2ccccc2)(c2ccccc2)C(C)(C)C)[C@H](O[Si](c2ccccc2)(c2ccccc2)C(C)(C)C)[C@@H](C)O1. The average Bonchev–Trinajstić information content (AvgIpc) is 3.03. The van der Waals surface area contributed by atoms with Crippen LogP contribution in [0.15, 0.2) is 121 Å². The molecule has 1 heterocycles. The van der Waals surface area contributed by atoms with Gasteiger partial charge in [-0.1, -0.05) is 163 Å². The van der Waals surface area contributed by atoms with E-state index in [-0.39, 0.29) is 16.0 Å². The van der Waals surface area contributed by atoms with Crippen LogP contribution in [-0.4, -0.2) is 47.2 Å². The van der Waals surface area contributed by atoms with Crippen molar-refractivity contribution in [1.29, 1.82) is 0 Å². The molecular weight excluding hydrogens is 617 g/mol. The fourth-order valence-corrected chi connectivity index (χ4v) is 16.8. The second-order valence-corrected chi connectivity index (χ2v) is 23.2. The van der Waals surface area contributed by atoms with E-state index >= 15 is 0 Å². The van der Waals surface area contributed by atoms with Gasteiger partial charge in [-0.3, -0.25) is 4.79 Å². The van der Waals surface area contributed by atoms with Gasteiger partial charge in [0.05, 0.1) is 18.3 Å². The normalized spacial score (nSPS) is 20.9. The molecule has 5 nitrogen and oxygen atoms in total. The molecule has 4 atom stereocenters. The molecule has 4 aromatic rings. The maximum absolute atomic E-state index is 12.3. The van der Waals surface area contributed by atoms with Gasteiger partial charge in [0.1, 0.15) is 0 Å². The number of hydrogen-bond donors (Lipinski definition) is 0. The van der Waals surface area contributed by atoms with Crippen LogP contribution in [0.3, 0.4) is 0 Å². The summed E-state index contributed by atoms with van der Waals surface area (Å²) in [7, 11) is -6.02. The van der Waals surface area contributed by atoms with Crippen LogP contribution < -0.4 is 20.7 Å². The molecule has 0 saturated carbocycles. The Bertz CT molecular complexity index is 1510. The van der Waals surface area contributed by atoms with Crippen LogP contribution in [0.1, 0.15) is 61.8 Å². The molecule has 1 unspecified atom stereocenters. The quantitative estimate of drug-likeness (QED) is 0.149. The first kappa shape index (κ1) is 35.0. The summed E-state index contributed by atoms with van der Waals surface area (Å²) in [6.07, 6.45) is -1.69. The zero-order chi connectivity index (χ0) is 33.9. The summed E-state index contributed by atoms with van der Waals surface area (Å²) in [5, 5.41) is 4.26. The molecule has 0 amide bonds. The van der Waals surface area contributed by atoms with Crippen LogP contribution in [0.2, 0.25) is 10.1 Å². The number of carbonyl (C=O) groups is 1. The largest absolute Gasteiger partial charge is 0.436 e. The van der Waals surface area contributed by atoms with E-state index in [0.29, 0.717) is 6.42 Å². The maximum atomic E-state index is 12.3. The second kappa shape index (κ2) is 14.0. The number of benzene rings is 4. The Morgan fingerprint density at radius 1 is 0.617 bits per heavy atom. The minimum atomic E-state index is -3.02.